The molecule has 4 heteroatoms. The maximum atomic E-state index is 11.2. The Hall–Kier alpha value is -1.81. The largest absolute Gasteiger partial charge is 0.469 e. The first-order valence-corrected chi connectivity index (χ1v) is 6.20. The standard InChI is InChI=1S/C13H11NO2S/c1-16-12(15)7-9-6-10-11(14-9)3-2-8-4-5-17-13(8)10/h2-6,14H,7H2,1H3. The number of carbonyl (C=O) groups is 1. The lowest BCUT2D eigenvalue weighted by atomic mass is 10.2. The summed E-state index contributed by atoms with van der Waals surface area (Å²) in [6.45, 7) is 0. The van der Waals surface area contributed by atoms with Crippen molar-refractivity contribution in [1.82, 2.24) is 4.98 Å². The molecule has 2 aromatic heterocycles. The number of hydrogen-bond acceptors (Lipinski definition) is 3. The van der Waals surface area contributed by atoms with Gasteiger partial charge in [-0.1, -0.05) is 6.07 Å². The number of aromatic amines is 1. The molecule has 0 aliphatic heterocycles. The molecule has 0 bridgehead atoms. The minimum Gasteiger partial charge on any atom is -0.469 e. The van der Waals surface area contributed by atoms with E-state index in [1.807, 2.05) is 12.1 Å². The molecule has 3 aromatic rings. The van der Waals surface area contributed by atoms with Crippen LogP contribution in [0.4, 0.5) is 0 Å². The Morgan fingerprint density at radius 3 is 3.12 bits per heavy atom. The lowest BCUT2D eigenvalue weighted by molar-refractivity contribution is -0.139. The van der Waals surface area contributed by atoms with Gasteiger partial charge < -0.3 is 9.72 Å². The summed E-state index contributed by atoms with van der Waals surface area (Å²) in [6, 6.07) is 8.27. The molecule has 0 saturated carbocycles. The van der Waals surface area contributed by atoms with E-state index in [1.54, 1.807) is 11.3 Å². The number of rotatable bonds is 2. The Balaban J connectivity index is 2.14. The molecule has 86 valence electrons. The Morgan fingerprint density at radius 2 is 2.29 bits per heavy atom. The molecule has 0 saturated heterocycles. The van der Waals surface area contributed by atoms with Gasteiger partial charge in [-0.25, -0.2) is 0 Å². The molecule has 0 radical (unpaired) electrons. The van der Waals surface area contributed by atoms with Gasteiger partial charge >= 0.3 is 5.97 Å². The lowest BCUT2D eigenvalue weighted by Gasteiger charge is -1.94. The van der Waals surface area contributed by atoms with Crippen LogP contribution in [0.3, 0.4) is 0 Å². The SMILES string of the molecule is COC(=O)Cc1cc2c(ccc3ccsc32)[nH]1. The molecule has 0 aliphatic carbocycles. The van der Waals surface area contributed by atoms with Gasteiger partial charge in [0.1, 0.15) is 0 Å². The number of benzene rings is 1. The van der Waals surface area contributed by atoms with Crippen LogP contribution in [0.2, 0.25) is 0 Å². The Kier molecular flexibility index (Phi) is 2.37. The van der Waals surface area contributed by atoms with E-state index in [9.17, 15) is 4.79 Å². The number of H-pyrrole nitrogens is 1. The van der Waals surface area contributed by atoms with E-state index < -0.39 is 0 Å². The molecule has 3 nitrogen and oxygen atoms in total. The van der Waals surface area contributed by atoms with Gasteiger partial charge in [0.15, 0.2) is 0 Å². The first-order chi connectivity index (χ1) is 8.28. The summed E-state index contributed by atoms with van der Waals surface area (Å²) in [5, 5.41) is 4.50. The van der Waals surface area contributed by atoms with E-state index >= 15 is 0 Å². The van der Waals surface area contributed by atoms with Crippen LogP contribution >= 0.6 is 11.3 Å². The van der Waals surface area contributed by atoms with Crippen molar-refractivity contribution in [3.05, 3.63) is 35.3 Å². The van der Waals surface area contributed by atoms with E-state index in [4.69, 9.17) is 0 Å². The van der Waals surface area contributed by atoms with Crippen LogP contribution in [0.15, 0.2) is 29.6 Å². The summed E-state index contributed by atoms with van der Waals surface area (Å²) >= 11 is 1.72. The van der Waals surface area contributed by atoms with Gasteiger partial charge in [-0.3, -0.25) is 4.79 Å². The number of thiophene rings is 1. The van der Waals surface area contributed by atoms with Gasteiger partial charge in [0, 0.05) is 21.3 Å². The number of ether oxygens (including phenoxy) is 1. The van der Waals surface area contributed by atoms with E-state index in [0.717, 1.165) is 11.2 Å². The fraction of sp³-hybridized carbons (Fsp3) is 0.154. The quantitative estimate of drug-likeness (QED) is 0.705. The minimum atomic E-state index is -0.223. The molecule has 0 fully saturated rings. The maximum Gasteiger partial charge on any atom is 0.311 e. The second-order valence-electron chi connectivity index (χ2n) is 3.91. The van der Waals surface area contributed by atoms with Crippen LogP contribution < -0.4 is 0 Å². The molecule has 2 heterocycles. The number of carbonyl (C=O) groups excluding carboxylic acids is 1. The normalized spacial score (nSPS) is 11.1. The molecule has 17 heavy (non-hydrogen) atoms. The Bertz CT molecular complexity index is 696. The summed E-state index contributed by atoms with van der Waals surface area (Å²) < 4.78 is 5.93. The molecular weight excluding hydrogens is 234 g/mol. The monoisotopic (exact) mass is 245 g/mol. The van der Waals surface area contributed by atoms with Crippen molar-refractivity contribution in [2.24, 2.45) is 0 Å². The molecule has 0 atom stereocenters. The first kappa shape index (κ1) is 10.4. The highest BCUT2D eigenvalue weighted by atomic mass is 32.1. The number of hydrogen-bond donors (Lipinski definition) is 1. The third-order valence-electron chi connectivity index (χ3n) is 2.84. The second kappa shape index (κ2) is 3.89. The molecule has 0 unspecified atom stereocenters. The lowest BCUT2D eigenvalue weighted by Crippen LogP contribution is -2.04. The highest BCUT2D eigenvalue weighted by molar-refractivity contribution is 7.18. The fourth-order valence-electron chi connectivity index (χ4n) is 2.01. The summed E-state index contributed by atoms with van der Waals surface area (Å²) in [5.41, 5.74) is 1.96. The number of esters is 1. The third kappa shape index (κ3) is 1.70. The number of nitrogens with one attached hydrogen (secondary N) is 1. The molecule has 0 spiro atoms. The molecule has 3 rings (SSSR count). The smallest absolute Gasteiger partial charge is 0.311 e. The van der Waals surface area contributed by atoms with E-state index in [1.165, 1.54) is 22.6 Å². The number of aromatic nitrogens is 1. The highest BCUT2D eigenvalue weighted by Crippen LogP contribution is 2.30. The van der Waals surface area contributed by atoms with Gasteiger partial charge in [0.2, 0.25) is 0 Å². The van der Waals surface area contributed by atoms with Crippen molar-refractivity contribution < 1.29 is 9.53 Å². The summed E-state index contributed by atoms with van der Waals surface area (Å²) in [7, 11) is 1.41. The van der Waals surface area contributed by atoms with Crippen LogP contribution in [-0.4, -0.2) is 18.1 Å². The van der Waals surface area contributed by atoms with E-state index in [-0.39, 0.29) is 12.4 Å². The van der Waals surface area contributed by atoms with Crippen molar-refractivity contribution in [3.63, 3.8) is 0 Å². The Morgan fingerprint density at radius 1 is 1.41 bits per heavy atom. The molecule has 1 aromatic carbocycles. The average molecular weight is 245 g/mol. The van der Waals surface area contributed by atoms with Crippen LogP contribution in [-0.2, 0) is 16.0 Å². The zero-order chi connectivity index (χ0) is 11.8. The zero-order valence-corrected chi connectivity index (χ0v) is 10.1. The maximum absolute atomic E-state index is 11.2. The van der Waals surface area contributed by atoms with Crippen LogP contribution in [0.1, 0.15) is 5.69 Å². The molecule has 0 aliphatic rings. The number of fused-ring (bicyclic) bond motifs is 3. The van der Waals surface area contributed by atoms with Crippen molar-refractivity contribution >= 4 is 38.3 Å². The second-order valence-corrected chi connectivity index (χ2v) is 4.83. The summed E-state index contributed by atoms with van der Waals surface area (Å²) in [4.78, 5) is 14.5. The van der Waals surface area contributed by atoms with Gasteiger partial charge in [0.05, 0.1) is 13.5 Å². The third-order valence-corrected chi connectivity index (χ3v) is 3.80. The topological polar surface area (TPSA) is 42.1 Å². The number of methoxy groups -OCH3 is 1. The fourth-order valence-corrected chi connectivity index (χ4v) is 2.93. The summed E-state index contributed by atoms with van der Waals surface area (Å²) in [6.07, 6.45) is 0.290. The van der Waals surface area contributed by atoms with Crippen molar-refractivity contribution in [2.45, 2.75) is 6.42 Å². The predicted molar refractivity (Wildman–Crippen MR) is 69.4 cm³/mol. The van der Waals surface area contributed by atoms with Gasteiger partial charge in [-0.2, -0.15) is 0 Å². The average Bonchev–Trinajstić information content (AvgIpc) is 2.92. The van der Waals surface area contributed by atoms with Crippen LogP contribution in [0.5, 0.6) is 0 Å². The Labute approximate surface area is 102 Å². The minimum absolute atomic E-state index is 0.223. The zero-order valence-electron chi connectivity index (χ0n) is 9.32. The van der Waals surface area contributed by atoms with Gasteiger partial charge in [0.25, 0.3) is 0 Å². The van der Waals surface area contributed by atoms with Crippen LogP contribution in [0.25, 0.3) is 21.0 Å². The molecular formula is C13H11NO2S. The first-order valence-electron chi connectivity index (χ1n) is 5.32. The molecule has 1 N–H and O–H groups in total. The predicted octanol–water partition coefficient (Wildman–Crippen LogP) is 3.10. The van der Waals surface area contributed by atoms with Crippen molar-refractivity contribution in [2.75, 3.05) is 7.11 Å². The summed E-state index contributed by atoms with van der Waals surface area (Å²) in [5.74, 6) is -0.223. The van der Waals surface area contributed by atoms with Crippen molar-refractivity contribution in [1.29, 1.82) is 0 Å². The van der Waals surface area contributed by atoms with Crippen LogP contribution in [0, 0.1) is 0 Å². The van der Waals surface area contributed by atoms with E-state index in [0.29, 0.717) is 0 Å². The van der Waals surface area contributed by atoms with E-state index in [2.05, 4.69) is 27.2 Å². The highest BCUT2D eigenvalue weighted by Gasteiger charge is 2.09. The molecule has 0 amide bonds. The van der Waals surface area contributed by atoms with Gasteiger partial charge in [-0.15, -0.1) is 11.3 Å². The van der Waals surface area contributed by atoms with Crippen molar-refractivity contribution in [3.8, 4) is 0 Å². The van der Waals surface area contributed by atoms with Gasteiger partial charge in [-0.05, 0) is 29.0 Å².